The van der Waals surface area contributed by atoms with E-state index in [0.717, 1.165) is 6.42 Å². The van der Waals surface area contributed by atoms with Crippen LogP contribution in [0.2, 0.25) is 0 Å². The van der Waals surface area contributed by atoms with Crippen LogP contribution in [0.15, 0.2) is 15.5 Å². The Balaban J connectivity index is 1.95. The lowest BCUT2D eigenvalue weighted by Gasteiger charge is -2.09. The van der Waals surface area contributed by atoms with Gasteiger partial charge in [0.1, 0.15) is 4.47 Å². The molecular formula is C12H18BrN3O2S. The van der Waals surface area contributed by atoms with Gasteiger partial charge in [0, 0.05) is 35.9 Å². The Morgan fingerprint density at radius 2 is 2.32 bits per heavy atom. The SMILES string of the molecule is CS(=O)CCCNc1cnn(CC2CC2)c(=O)c1Br. The van der Waals surface area contributed by atoms with Crippen molar-refractivity contribution in [3.8, 4) is 0 Å². The molecule has 0 radical (unpaired) electrons. The Hall–Kier alpha value is -0.690. The first-order valence-electron chi connectivity index (χ1n) is 6.37. The first-order valence-corrected chi connectivity index (χ1v) is 8.89. The molecule has 1 atom stereocenters. The minimum atomic E-state index is -0.770. The molecule has 1 aliphatic carbocycles. The van der Waals surface area contributed by atoms with Crippen LogP contribution in [0.1, 0.15) is 19.3 Å². The molecule has 1 saturated carbocycles. The number of nitrogens with one attached hydrogen (secondary N) is 1. The summed E-state index contributed by atoms with van der Waals surface area (Å²) < 4.78 is 13.0. The Labute approximate surface area is 123 Å². The predicted molar refractivity (Wildman–Crippen MR) is 81.0 cm³/mol. The molecule has 106 valence electrons. The van der Waals surface area contributed by atoms with Crippen LogP contribution >= 0.6 is 15.9 Å². The molecule has 1 fully saturated rings. The first-order chi connectivity index (χ1) is 9.08. The molecule has 0 spiro atoms. The molecule has 0 bridgehead atoms. The van der Waals surface area contributed by atoms with E-state index in [0.29, 0.717) is 34.9 Å². The van der Waals surface area contributed by atoms with E-state index < -0.39 is 10.8 Å². The quantitative estimate of drug-likeness (QED) is 0.761. The van der Waals surface area contributed by atoms with Crippen molar-refractivity contribution >= 4 is 32.4 Å². The summed E-state index contributed by atoms with van der Waals surface area (Å²) in [5, 5.41) is 7.33. The van der Waals surface area contributed by atoms with Crippen LogP contribution < -0.4 is 10.9 Å². The van der Waals surface area contributed by atoms with Crippen LogP contribution in [0.25, 0.3) is 0 Å². The highest BCUT2D eigenvalue weighted by molar-refractivity contribution is 9.10. The van der Waals surface area contributed by atoms with Crippen molar-refractivity contribution in [3.63, 3.8) is 0 Å². The van der Waals surface area contributed by atoms with E-state index >= 15 is 0 Å². The molecule has 0 aliphatic heterocycles. The fraction of sp³-hybridized carbons (Fsp3) is 0.667. The second-order valence-electron chi connectivity index (χ2n) is 4.86. The average molecular weight is 348 g/mol. The number of anilines is 1. The molecule has 5 nitrogen and oxygen atoms in total. The summed E-state index contributed by atoms with van der Waals surface area (Å²) in [6.45, 7) is 1.40. The molecule has 19 heavy (non-hydrogen) atoms. The van der Waals surface area contributed by atoms with E-state index in [1.165, 1.54) is 17.5 Å². The van der Waals surface area contributed by atoms with Crippen LogP contribution in [-0.4, -0.2) is 32.5 Å². The molecule has 0 amide bonds. The molecule has 7 heteroatoms. The van der Waals surface area contributed by atoms with Crippen molar-refractivity contribution in [1.82, 2.24) is 9.78 Å². The van der Waals surface area contributed by atoms with Gasteiger partial charge in [0.25, 0.3) is 5.56 Å². The third-order valence-corrected chi connectivity index (χ3v) is 4.67. The molecule has 1 N–H and O–H groups in total. The molecule has 1 aromatic rings. The zero-order valence-electron chi connectivity index (χ0n) is 10.9. The number of halogens is 1. The highest BCUT2D eigenvalue weighted by Crippen LogP contribution is 2.30. The molecule has 1 unspecified atom stereocenters. The van der Waals surface area contributed by atoms with E-state index in [9.17, 15) is 9.00 Å². The van der Waals surface area contributed by atoms with Crippen LogP contribution in [-0.2, 0) is 17.3 Å². The Kier molecular flexibility index (Phi) is 5.15. The fourth-order valence-corrected chi connectivity index (χ4v) is 2.76. The van der Waals surface area contributed by atoms with Gasteiger partial charge in [-0.25, -0.2) is 4.68 Å². The van der Waals surface area contributed by atoms with Crippen LogP contribution in [0.5, 0.6) is 0 Å². The average Bonchev–Trinajstić information content (AvgIpc) is 3.17. The number of rotatable bonds is 7. The maximum Gasteiger partial charge on any atom is 0.283 e. The standard InChI is InChI=1S/C12H18BrN3O2S/c1-19(18)6-2-5-14-10-7-15-16(8-9-3-4-9)12(17)11(10)13/h7,9,14H,2-6,8H2,1H3. The lowest BCUT2D eigenvalue weighted by Crippen LogP contribution is -2.25. The zero-order valence-corrected chi connectivity index (χ0v) is 13.3. The topological polar surface area (TPSA) is 64.0 Å². The van der Waals surface area contributed by atoms with Gasteiger partial charge in [-0.15, -0.1) is 0 Å². The number of aromatic nitrogens is 2. The van der Waals surface area contributed by atoms with Gasteiger partial charge in [-0.2, -0.15) is 5.10 Å². The maximum atomic E-state index is 12.1. The summed E-state index contributed by atoms with van der Waals surface area (Å²) in [4.78, 5) is 12.1. The molecule has 1 aromatic heterocycles. The first kappa shape index (κ1) is 14.7. The minimum Gasteiger partial charge on any atom is -0.383 e. The maximum absolute atomic E-state index is 12.1. The Morgan fingerprint density at radius 1 is 1.58 bits per heavy atom. The van der Waals surface area contributed by atoms with Crippen LogP contribution in [0.3, 0.4) is 0 Å². The van der Waals surface area contributed by atoms with Gasteiger partial charge in [-0.05, 0) is 41.1 Å². The van der Waals surface area contributed by atoms with Crippen molar-refractivity contribution < 1.29 is 4.21 Å². The Morgan fingerprint density at radius 3 is 2.95 bits per heavy atom. The summed E-state index contributed by atoms with van der Waals surface area (Å²) in [6.07, 6.45) is 6.56. The number of hydrogen-bond acceptors (Lipinski definition) is 4. The van der Waals surface area contributed by atoms with Gasteiger partial charge in [0.15, 0.2) is 0 Å². The smallest absolute Gasteiger partial charge is 0.283 e. The van der Waals surface area contributed by atoms with Gasteiger partial charge in [-0.3, -0.25) is 9.00 Å². The third-order valence-electron chi connectivity index (χ3n) is 3.04. The molecule has 1 heterocycles. The van der Waals surface area contributed by atoms with E-state index in [1.807, 2.05) is 0 Å². The van der Waals surface area contributed by atoms with E-state index in [4.69, 9.17) is 0 Å². The molecule has 0 aromatic carbocycles. The van der Waals surface area contributed by atoms with E-state index in [1.54, 1.807) is 12.5 Å². The lowest BCUT2D eigenvalue weighted by atomic mass is 10.4. The highest BCUT2D eigenvalue weighted by Gasteiger charge is 2.23. The van der Waals surface area contributed by atoms with Crippen LogP contribution in [0, 0.1) is 5.92 Å². The van der Waals surface area contributed by atoms with E-state index in [-0.39, 0.29) is 5.56 Å². The normalized spacial score (nSPS) is 16.3. The van der Waals surface area contributed by atoms with Gasteiger partial charge >= 0.3 is 0 Å². The molecular weight excluding hydrogens is 330 g/mol. The van der Waals surface area contributed by atoms with Gasteiger partial charge < -0.3 is 5.32 Å². The van der Waals surface area contributed by atoms with Gasteiger partial charge in [-0.1, -0.05) is 0 Å². The monoisotopic (exact) mass is 347 g/mol. The molecule has 2 rings (SSSR count). The number of nitrogens with zero attached hydrogens (tertiary/aromatic N) is 2. The predicted octanol–water partition coefficient (Wildman–Crippen LogP) is 1.60. The van der Waals surface area contributed by atoms with Gasteiger partial charge in [0.05, 0.1) is 11.9 Å². The zero-order chi connectivity index (χ0) is 13.8. The number of hydrogen-bond donors (Lipinski definition) is 1. The van der Waals surface area contributed by atoms with Crippen molar-refractivity contribution in [3.05, 3.63) is 21.0 Å². The second kappa shape index (κ2) is 6.65. The molecule has 0 saturated heterocycles. The molecule has 1 aliphatic rings. The van der Waals surface area contributed by atoms with Crippen molar-refractivity contribution in [2.24, 2.45) is 5.92 Å². The van der Waals surface area contributed by atoms with Gasteiger partial charge in [0.2, 0.25) is 0 Å². The van der Waals surface area contributed by atoms with Crippen molar-refractivity contribution in [1.29, 1.82) is 0 Å². The summed E-state index contributed by atoms with van der Waals surface area (Å²) in [5.74, 6) is 1.28. The third kappa shape index (κ3) is 4.42. The summed E-state index contributed by atoms with van der Waals surface area (Å²) in [7, 11) is -0.770. The second-order valence-corrected chi connectivity index (χ2v) is 7.21. The fourth-order valence-electron chi connectivity index (χ4n) is 1.76. The van der Waals surface area contributed by atoms with Crippen LogP contribution in [0.4, 0.5) is 5.69 Å². The largest absolute Gasteiger partial charge is 0.383 e. The minimum absolute atomic E-state index is 0.0871. The van der Waals surface area contributed by atoms with Crippen molar-refractivity contribution in [2.75, 3.05) is 23.9 Å². The van der Waals surface area contributed by atoms with E-state index in [2.05, 4.69) is 26.3 Å². The lowest BCUT2D eigenvalue weighted by molar-refractivity contribution is 0.532. The van der Waals surface area contributed by atoms with Crippen molar-refractivity contribution in [2.45, 2.75) is 25.8 Å². The summed E-state index contributed by atoms with van der Waals surface area (Å²) >= 11 is 3.33. The Bertz CT molecular complexity index is 528. The summed E-state index contributed by atoms with van der Waals surface area (Å²) in [5.41, 5.74) is 0.620. The highest BCUT2D eigenvalue weighted by atomic mass is 79.9. The summed E-state index contributed by atoms with van der Waals surface area (Å²) in [6, 6.07) is 0.